The minimum Gasteiger partial charge on any atom is -0.481 e. The average Bonchev–Trinajstić information content (AvgIpc) is 2.99. The quantitative estimate of drug-likeness (QED) is 0.102. The van der Waals surface area contributed by atoms with Gasteiger partial charge >= 0.3 is 5.97 Å². The number of aryl methyl sites for hydroxylation is 2. The van der Waals surface area contributed by atoms with Crippen molar-refractivity contribution in [1.82, 2.24) is 4.90 Å². The number of benzene rings is 2. The minimum atomic E-state index is -0.664. The summed E-state index contributed by atoms with van der Waals surface area (Å²) in [7, 11) is 0. The highest BCUT2D eigenvalue weighted by atomic mass is 16.4. The van der Waals surface area contributed by atoms with Gasteiger partial charge in [0, 0.05) is 6.42 Å². The van der Waals surface area contributed by atoms with Crippen LogP contribution in [-0.4, -0.2) is 35.6 Å². The molecule has 0 fully saturated rings. The molecule has 0 aromatic heterocycles. The Labute approximate surface area is 253 Å². The van der Waals surface area contributed by atoms with Gasteiger partial charge in [-0.3, -0.25) is 4.79 Å². The maximum Gasteiger partial charge on any atom is 0.303 e. The van der Waals surface area contributed by atoms with E-state index in [-0.39, 0.29) is 0 Å². The third-order valence-electron chi connectivity index (χ3n) is 7.66. The third kappa shape index (κ3) is 24.0. The number of hydrogen-bond acceptors (Lipinski definition) is 2. The van der Waals surface area contributed by atoms with Gasteiger partial charge in [-0.05, 0) is 88.5 Å². The van der Waals surface area contributed by atoms with E-state index in [4.69, 9.17) is 5.11 Å². The summed E-state index contributed by atoms with van der Waals surface area (Å²) < 4.78 is 0. The molecule has 2 rings (SSSR count). The summed E-state index contributed by atoms with van der Waals surface area (Å²) in [5.41, 5.74) is 2.91. The van der Waals surface area contributed by atoms with Gasteiger partial charge in [-0.25, -0.2) is 0 Å². The van der Waals surface area contributed by atoms with E-state index in [2.05, 4.69) is 91.6 Å². The smallest absolute Gasteiger partial charge is 0.303 e. The van der Waals surface area contributed by atoms with Gasteiger partial charge in [-0.1, -0.05) is 138 Å². The summed E-state index contributed by atoms with van der Waals surface area (Å²) in [6.45, 7) is 8.10. The molecule has 3 heteroatoms. The molecule has 0 aliphatic heterocycles. The van der Waals surface area contributed by atoms with Crippen LogP contribution in [0, 0.1) is 0 Å². The Hall–Kier alpha value is -2.39. The van der Waals surface area contributed by atoms with Crippen LogP contribution in [-0.2, 0) is 17.6 Å². The second kappa shape index (κ2) is 27.8. The molecule has 0 bridgehead atoms. The number of hydrogen-bond donors (Lipinski definition) is 1. The zero-order chi connectivity index (χ0) is 29.6. The van der Waals surface area contributed by atoms with Crippen LogP contribution in [0.25, 0.3) is 0 Å². The van der Waals surface area contributed by atoms with E-state index < -0.39 is 5.97 Å². The normalized spacial score (nSPS) is 11.1. The number of carbonyl (C=O) groups is 1. The lowest BCUT2D eigenvalue weighted by Crippen LogP contribution is -2.26. The van der Waals surface area contributed by atoms with Crippen molar-refractivity contribution in [3.8, 4) is 0 Å². The fourth-order valence-electron chi connectivity index (χ4n) is 5.08. The Morgan fingerprint density at radius 3 is 1.49 bits per heavy atom. The van der Waals surface area contributed by atoms with Crippen molar-refractivity contribution in [2.45, 2.75) is 129 Å². The molecule has 0 saturated carbocycles. The van der Waals surface area contributed by atoms with E-state index in [1.165, 1.54) is 121 Å². The van der Waals surface area contributed by atoms with Gasteiger partial charge in [-0.2, -0.15) is 0 Å². The van der Waals surface area contributed by atoms with E-state index >= 15 is 0 Å². The lowest BCUT2D eigenvalue weighted by Gasteiger charge is -2.20. The Kier molecular flexibility index (Phi) is 24.8. The fraction of sp³-hybridized carbons (Fsp3) is 0.605. The molecule has 41 heavy (non-hydrogen) atoms. The van der Waals surface area contributed by atoms with Gasteiger partial charge in [0.1, 0.15) is 0 Å². The van der Waals surface area contributed by atoms with E-state index in [9.17, 15) is 4.79 Å². The molecule has 0 aliphatic rings. The van der Waals surface area contributed by atoms with Crippen LogP contribution in [0.5, 0.6) is 0 Å². The predicted octanol–water partition coefficient (Wildman–Crippen LogP) is 10.7. The number of rotatable bonds is 24. The van der Waals surface area contributed by atoms with E-state index in [0.29, 0.717) is 6.42 Å². The Morgan fingerprint density at radius 2 is 1.05 bits per heavy atom. The van der Waals surface area contributed by atoms with Crippen LogP contribution in [0.1, 0.15) is 128 Å². The molecule has 1 N–H and O–H groups in total. The molecule has 0 amide bonds. The molecule has 2 aromatic rings. The molecular weight excluding hydrogens is 502 g/mol. The SMILES string of the molecule is CCCCCCCC/C=C\CCCCCCCC(=O)O.CCN(CCCc1ccccc1)CCCc1ccccc1. The predicted molar refractivity (Wildman–Crippen MR) is 179 cm³/mol. The maximum absolute atomic E-state index is 10.3. The van der Waals surface area contributed by atoms with Crippen molar-refractivity contribution in [2.75, 3.05) is 19.6 Å². The van der Waals surface area contributed by atoms with Crippen LogP contribution >= 0.6 is 0 Å². The molecule has 230 valence electrons. The highest BCUT2D eigenvalue weighted by molar-refractivity contribution is 5.66. The van der Waals surface area contributed by atoms with Crippen LogP contribution in [0.3, 0.4) is 0 Å². The van der Waals surface area contributed by atoms with Gasteiger partial charge in [-0.15, -0.1) is 0 Å². The molecule has 2 aromatic carbocycles. The highest BCUT2D eigenvalue weighted by Crippen LogP contribution is 2.10. The number of unbranched alkanes of at least 4 members (excludes halogenated alkanes) is 11. The average molecular weight is 564 g/mol. The topological polar surface area (TPSA) is 40.5 Å². The molecule has 0 saturated heterocycles. The van der Waals surface area contributed by atoms with Crippen molar-refractivity contribution < 1.29 is 9.90 Å². The lowest BCUT2D eigenvalue weighted by atomic mass is 10.1. The fourth-order valence-corrected chi connectivity index (χ4v) is 5.08. The van der Waals surface area contributed by atoms with Crippen LogP contribution < -0.4 is 0 Å². The zero-order valence-corrected chi connectivity index (χ0v) is 26.6. The molecule has 0 radical (unpaired) electrons. The van der Waals surface area contributed by atoms with E-state index in [1.54, 1.807) is 0 Å². The molecule has 0 aliphatic carbocycles. The van der Waals surface area contributed by atoms with E-state index in [0.717, 1.165) is 19.4 Å². The van der Waals surface area contributed by atoms with Crippen molar-refractivity contribution in [1.29, 1.82) is 0 Å². The largest absolute Gasteiger partial charge is 0.481 e. The lowest BCUT2D eigenvalue weighted by molar-refractivity contribution is -0.137. The first kappa shape index (κ1) is 36.6. The standard InChI is InChI=1S/C20H27N.C18H34O2/c1-2-21(17-9-15-19-11-5-3-6-12-19)18-10-16-20-13-7-4-8-14-20;1-2-3-4-5-6-7-8-9-10-11-12-13-14-15-16-17-18(19)20/h3-8,11-14H,2,9-10,15-18H2,1H3;9-10H,2-8,11-17H2,1H3,(H,19,20)/b;10-9-. The molecule has 3 nitrogen and oxygen atoms in total. The molecule has 0 heterocycles. The van der Waals surface area contributed by atoms with Crippen molar-refractivity contribution in [3.63, 3.8) is 0 Å². The zero-order valence-electron chi connectivity index (χ0n) is 26.6. The Bertz CT molecular complexity index is 804. The number of aliphatic carboxylic acids is 1. The van der Waals surface area contributed by atoms with Gasteiger partial charge < -0.3 is 10.0 Å². The first-order valence-electron chi connectivity index (χ1n) is 16.8. The first-order chi connectivity index (χ1) is 20.2. The van der Waals surface area contributed by atoms with Gasteiger partial charge in [0.2, 0.25) is 0 Å². The van der Waals surface area contributed by atoms with E-state index in [1.807, 2.05) is 0 Å². The summed E-state index contributed by atoms with van der Waals surface area (Å²) in [4.78, 5) is 12.9. The Morgan fingerprint density at radius 1 is 0.610 bits per heavy atom. The van der Waals surface area contributed by atoms with Crippen molar-refractivity contribution in [3.05, 3.63) is 83.9 Å². The monoisotopic (exact) mass is 563 g/mol. The second-order valence-corrected chi connectivity index (χ2v) is 11.3. The van der Waals surface area contributed by atoms with Gasteiger partial charge in [0.15, 0.2) is 0 Å². The number of allylic oxidation sites excluding steroid dienone is 2. The minimum absolute atomic E-state index is 0.332. The number of nitrogens with zero attached hydrogens (tertiary/aromatic N) is 1. The first-order valence-corrected chi connectivity index (χ1v) is 16.8. The summed E-state index contributed by atoms with van der Waals surface area (Å²) in [5, 5.41) is 8.51. The number of carboxylic acids is 1. The van der Waals surface area contributed by atoms with Crippen molar-refractivity contribution >= 4 is 5.97 Å². The second-order valence-electron chi connectivity index (χ2n) is 11.3. The van der Waals surface area contributed by atoms with Gasteiger partial charge in [0.05, 0.1) is 0 Å². The van der Waals surface area contributed by atoms with Crippen molar-refractivity contribution in [2.24, 2.45) is 0 Å². The number of carboxylic acid groups (broad SMARTS) is 1. The molecular formula is C38H61NO2. The summed E-state index contributed by atoms with van der Waals surface area (Å²) in [6.07, 6.45) is 26.1. The maximum atomic E-state index is 10.3. The van der Waals surface area contributed by atoms with Crippen LogP contribution in [0.15, 0.2) is 72.8 Å². The summed E-state index contributed by atoms with van der Waals surface area (Å²) >= 11 is 0. The highest BCUT2D eigenvalue weighted by Gasteiger charge is 2.03. The summed E-state index contributed by atoms with van der Waals surface area (Å²) in [5.74, 6) is -0.664. The Balaban J connectivity index is 0.000000411. The van der Waals surface area contributed by atoms with Gasteiger partial charge in [0.25, 0.3) is 0 Å². The van der Waals surface area contributed by atoms with Crippen LogP contribution in [0.4, 0.5) is 0 Å². The third-order valence-corrected chi connectivity index (χ3v) is 7.66. The summed E-state index contributed by atoms with van der Waals surface area (Å²) in [6, 6.07) is 21.6. The molecule has 0 unspecified atom stereocenters. The molecule has 0 spiro atoms. The van der Waals surface area contributed by atoms with Crippen LogP contribution in [0.2, 0.25) is 0 Å². The molecule has 0 atom stereocenters.